The molecule has 1 N–H and O–H groups in total. The number of hydrogen-bond donors (Lipinski definition) is 1. The average molecular weight is 468 g/mol. The number of para-hydroxylation sites is 1. The summed E-state index contributed by atoms with van der Waals surface area (Å²) in [7, 11) is -7.42. The SMILES string of the molecule is Cc1cnc2c(S(=O)(=O)NCc3ccc(S(=O)(=O)N4CCOCC4)s3)cccc2c1. The Morgan fingerprint density at radius 3 is 2.67 bits per heavy atom. The van der Waals surface area contributed by atoms with Gasteiger partial charge in [0.25, 0.3) is 10.0 Å². The molecule has 0 unspecified atom stereocenters. The van der Waals surface area contributed by atoms with E-state index in [0.717, 1.165) is 22.3 Å². The number of nitrogens with zero attached hydrogens (tertiary/aromatic N) is 2. The number of hydrogen-bond acceptors (Lipinski definition) is 7. The number of thiophene rings is 1. The standard InChI is InChI=1S/C19H21N3O5S3/c1-14-11-15-3-2-4-17(19(15)20-12-14)29(23,24)21-13-16-5-6-18(28-16)30(25,26)22-7-9-27-10-8-22/h2-6,11-12,21H,7-10,13H2,1H3. The monoisotopic (exact) mass is 467 g/mol. The molecule has 1 saturated heterocycles. The zero-order chi connectivity index (χ0) is 21.4. The lowest BCUT2D eigenvalue weighted by Gasteiger charge is -2.25. The number of benzene rings is 1. The minimum atomic E-state index is -3.83. The summed E-state index contributed by atoms with van der Waals surface area (Å²) in [5, 5.41) is 0.743. The molecule has 0 saturated carbocycles. The van der Waals surface area contributed by atoms with Crippen molar-refractivity contribution in [3.05, 3.63) is 53.0 Å². The summed E-state index contributed by atoms with van der Waals surface area (Å²) >= 11 is 1.06. The fourth-order valence-corrected chi connectivity index (χ4v) is 7.34. The Morgan fingerprint density at radius 2 is 1.90 bits per heavy atom. The third kappa shape index (κ3) is 4.27. The van der Waals surface area contributed by atoms with Crippen LogP contribution in [0.4, 0.5) is 0 Å². The third-order valence-electron chi connectivity index (χ3n) is 4.74. The van der Waals surface area contributed by atoms with E-state index in [1.165, 1.54) is 16.4 Å². The van der Waals surface area contributed by atoms with Crippen molar-refractivity contribution >= 4 is 42.3 Å². The van der Waals surface area contributed by atoms with E-state index in [1.807, 2.05) is 19.1 Å². The van der Waals surface area contributed by atoms with Crippen LogP contribution in [0, 0.1) is 6.92 Å². The number of sulfonamides is 2. The summed E-state index contributed by atoms with van der Waals surface area (Å²) < 4.78 is 60.5. The van der Waals surface area contributed by atoms with E-state index in [1.54, 1.807) is 18.3 Å². The van der Waals surface area contributed by atoms with Crippen molar-refractivity contribution < 1.29 is 21.6 Å². The van der Waals surface area contributed by atoms with Crippen LogP contribution in [0.3, 0.4) is 0 Å². The van der Waals surface area contributed by atoms with Gasteiger partial charge in [0.1, 0.15) is 9.10 Å². The van der Waals surface area contributed by atoms with E-state index in [-0.39, 0.29) is 15.6 Å². The molecule has 0 aliphatic carbocycles. The predicted molar refractivity (Wildman–Crippen MR) is 114 cm³/mol. The highest BCUT2D eigenvalue weighted by Crippen LogP contribution is 2.26. The van der Waals surface area contributed by atoms with Crippen LogP contribution >= 0.6 is 11.3 Å². The molecule has 0 radical (unpaired) electrons. The van der Waals surface area contributed by atoms with Gasteiger partial charge in [0, 0.05) is 36.1 Å². The molecule has 2 aromatic heterocycles. The number of fused-ring (bicyclic) bond motifs is 1. The van der Waals surface area contributed by atoms with Crippen molar-refractivity contribution in [1.29, 1.82) is 0 Å². The van der Waals surface area contributed by atoms with Gasteiger partial charge >= 0.3 is 0 Å². The lowest BCUT2D eigenvalue weighted by Crippen LogP contribution is -2.40. The molecule has 160 valence electrons. The lowest BCUT2D eigenvalue weighted by atomic mass is 10.2. The fraction of sp³-hybridized carbons (Fsp3) is 0.316. The van der Waals surface area contributed by atoms with Gasteiger partial charge in [-0.15, -0.1) is 11.3 Å². The molecular weight excluding hydrogens is 446 g/mol. The largest absolute Gasteiger partial charge is 0.379 e. The second kappa shape index (κ2) is 8.33. The Balaban J connectivity index is 1.53. The summed E-state index contributed by atoms with van der Waals surface area (Å²) in [5.74, 6) is 0. The lowest BCUT2D eigenvalue weighted by molar-refractivity contribution is 0.0731. The number of ether oxygens (including phenoxy) is 1. The Hall–Kier alpha value is -1.89. The Kier molecular flexibility index (Phi) is 5.93. The van der Waals surface area contributed by atoms with Crippen LogP contribution in [0.2, 0.25) is 0 Å². The van der Waals surface area contributed by atoms with Gasteiger partial charge in [0.05, 0.1) is 18.7 Å². The van der Waals surface area contributed by atoms with Gasteiger partial charge in [-0.1, -0.05) is 12.1 Å². The smallest absolute Gasteiger partial charge is 0.252 e. The van der Waals surface area contributed by atoms with Crippen molar-refractivity contribution in [2.24, 2.45) is 0 Å². The first-order chi connectivity index (χ1) is 14.3. The van der Waals surface area contributed by atoms with Gasteiger partial charge < -0.3 is 4.74 Å². The molecule has 0 bridgehead atoms. The number of aryl methyl sites for hydroxylation is 1. The van der Waals surface area contributed by atoms with Crippen molar-refractivity contribution in [2.75, 3.05) is 26.3 Å². The number of morpholine rings is 1. The quantitative estimate of drug-likeness (QED) is 0.595. The molecule has 1 aromatic carbocycles. The molecule has 1 aliphatic heterocycles. The molecule has 3 heterocycles. The van der Waals surface area contributed by atoms with Crippen LogP contribution in [0.1, 0.15) is 10.4 Å². The van der Waals surface area contributed by atoms with Crippen molar-refractivity contribution in [3.8, 4) is 0 Å². The molecule has 0 amide bonds. The summed E-state index contributed by atoms with van der Waals surface area (Å²) in [6.07, 6.45) is 1.63. The molecule has 0 atom stereocenters. The van der Waals surface area contributed by atoms with Gasteiger partial charge in [-0.3, -0.25) is 4.98 Å². The van der Waals surface area contributed by atoms with E-state index in [9.17, 15) is 16.8 Å². The van der Waals surface area contributed by atoms with E-state index in [2.05, 4.69) is 9.71 Å². The van der Waals surface area contributed by atoms with Gasteiger partial charge in [0.15, 0.2) is 0 Å². The molecule has 3 aromatic rings. The average Bonchev–Trinajstić information content (AvgIpc) is 3.22. The van der Waals surface area contributed by atoms with Crippen LogP contribution < -0.4 is 4.72 Å². The number of nitrogens with one attached hydrogen (secondary N) is 1. The minimum Gasteiger partial charge on any atom is -0.379 e. The van der Waals surface area contributed by atoms with Gasteiger partial charge in [-0.2, -0.15) is 4.31 Å². The molecule has 30 heavy (non-hydrogen) atoms. The zero-order valence-corrected chi connectivity index (χ0v) is 18.7. The van der Waals surface area contributed by atoms with E-state index in [0.29, 0.717) is 36.7 Å². The number of rotatable bonds is 6. The first kappa shape index (κ1) is 21.3. The van der Waals surface area contributed by atoms with E-state index in [4.69, 9.17) is 4.74 Å². The maximum absolute atomic E-state index is 12.9. The third-order valence-corrected chi connectivity index (χ3v) is 9.62. The van der Waals surface area contributed by atoms with Gasteiger partial charge in [-0.05, 0) is 36.8 Å². The summed E-state index contributed by atoms with van der Waals surface area (Å²) in [6.45, 7) is 3.26. The molecule has 11 heteroatoms. The van der Waals surface area contributed by atoms with Crippen LogP contribution in [-0.2, 0) is 31.3 Å². The van der Waals surface area contributed by atoms with Crippen LogP contribution in [-0.4, -0.2) is 52.4 Å². The number of aromatic nitrogens is 1. The zero-order valence-electron chi connectivity index (χ0n) is 16.2. The van der Waals surface area contributed by atoms with E-state index >= 15 is 0 Å². The highest BCUT2D eigenvalue weighted by atomic mass is 32.2. The van der Waals surface area contributed by atoms with Gasteiger partial charge in [0.2, 0.25) is 10.0 Å². The maximum atomic E-state index is 12.9. The van der Waals surface area contributed by atoms with Gasteiger partial charge in [-0.25, -0.2) is 21.6 Å². The Morgan fingerprint density at radius 1 is 1.13 bits per heavy atom. The summed E-state index contributed by atoms with van der Waals surface area (Å²) in [5.41, 5.74) is 1.34. The first-order valence-corrected chi connectivity index (χ1v) is 13.0. The molecule has 4 rings (SSSR count). The summed E-state index contributed by atoms with van der Waals surface area (Å²) in [4.78, 5) is 4.98. The van der Waals surface area contributed by atoms with Crippen LogP contribution in [0.25, 0.3) is 10.9 Å². The van der Waals surface area contributed by atoms with E-state index < -0.39 is 20.0 Å². The first-order valence-electron chi connectivity index (χ1n) is 9.29. The van der Waals surface area contributed by atoms with Crippen molar-refractivity contribution in [1.82, 2.24) is 14.0 Å². The molecule has 8 nitrogen and oxygen atoms in total. The van der Waals surface area contributed by atoms with Crippen LogP contribution in [0.15, 0.2) is 51.7 Å². The Labute approximate surface area is 179 Å². The Bertz CT molecular complexity index is 1280. The topological polar surface area (TPSA) is 106 Å². The molecule has 1 fully saturated rings. The predicted octanol–water partition coefficient (Wildman–Crippen LogP) is 2.10. The molecule has 0 spiro atoms. The van der Waals surface area contributed by atoms with Crippen molar-refractivity contribution in [3.63, 3.8) is 0 Å². The second-order valence-corrected chi connectivity index (χ2v) is 12.0. The molecular formula is C19H21N3O5S3. The minimum absolute atomic E-state index is 0.00607. The normalized spacial score (nSPS) is 16.2. The second-order valence-electron chi connectivity index (χ2n) is 6.90. The van der Waals surface area contributed by atoms with Crippen molar-refractivity contribution in [2.45, 2.75) is 22.6 Å². The fourth-order valence-electron chi connectivity index (χ4n) is 3.21. The number of pyridine rings is 1. The summed E-state index contributed by atoms with van der Waals surface area (Å²) in [6, 6.07) is 10.0. The highest BCUT2D eigenvalue weighted by molar-refractivity contribution is 7.91. The molecule has 1 aliphatic rings. The highest BCUT2D eigenvalue weighted by Gasteiger charge is 2.28. The van der Waals surface area contributed by atoms with Crippen LogP contribution in [0.5, 0.6) is 0 Å². The maximum Gasteiger partial charge on any atom is 0.252 e.